The van der Waals surface area contributed by atoms with Crippen molar-refractivity contribution >= 4 is 26.8 Å². The van der Waals surface area contributed by atoms with E-state index in [0.29, 0.717) is 24.4 Å². The predicted octanol–water partition coefficient (Wildman–Crippen LogP) is 2.05. The summed E-state index contributed by atoms with van der Waals surface area (Å²) < 4.78 is 25.0. The van der Waals surface area contributed by atoms with Crippen molar-refractivity contribution in [1.29, 1.82) is 0 Å². The van der Waals surface area contributed by atoms with E-state index in [4.69, 9.17) is 4.98 Å². The molecule has 2 aliphatic rings. The minimum atomic E-state index is -2.93. The molecule has 1 saturated heterocycles. The van der Waals surface area contributed by atoms with Crippen LogP contribution in [0, 0.1) is 5.92 Å². The number of carbonyl (C=O) groups excluding carboxylic acids is 1. The summed E-state index contributed by atoms with van der Waals surface area (Å²) in [4.78, 5) is 17.6. The van der Waals surface area contributed by atoms with Crippen molar-refractivity contribution in [1.82, 2.24) is 20.1 Å². The summed E-state index contributed by atoms with van der Waals surface area (Å²) in [7, 11) is -2.93. The number of nitrogens with one attached hydrogen (secondary N) is 1. The van der Waals surface area contributed by atoms with Crippen molar-refractivity contribution in [2.75, 3.05) is 18.1 Å². The fraction of sp³-hybridized carbons (Fsp3) is 0.611. The third-order valence-electron chi connectivity index (χ3n) is 5.19. The van der Waals surface area contributed by atoms with E-state index < -0.39 is 9.84 Å². The third kappa shape index (κ3) is 3.34. The average molecular weight is 376 g/mol. The Kier molecular flexibility index (Phi) is 4.25. The molecule has 1 amide bonds. The molecule has 1 aliphatic carbocycles. The highest BCUT2D eigenvalue weighted by atomic mass is 32.2. The second-order valence-corrected chi connectivity index (χ2v) is 10.00. The van der Waals surface area contributed by atoms with Gasteiger partial charge in [-0.3, -0.25) is 4.79 Å². The lowest BCUT2D eigenvalue weighted by Gasteiger charge is -2.12. The topological polar surface area (TPSA) is 94.0 Å². The third-order valence-corrected chi connectivity index (χ3v) is 7.03. The Morgan fingerprint density at radius 3 is 2.73 bits per heavy atom. The van der Waals surface area contributed by atoms with Crippen LogP contribution in [0.3, 0.4) is 0 Å². The van der Waals surface area contributed by atoms with E-state index in [1.165, 1.54) is 0 Å². The highest BCUT2D eigenvalue weighted by Gasteiger charge is 2.30. The number of nitrogens with zero attached hydrogens (tertiary/aromatic N) is 3. The average Bonchev–Trinajstić information content (AvgIpc) is 3.25. The number of fused-ring (bicyclic) bond motifs is 1. The van der Waals surface area contributed by atoms with Crippen LogP contribution in [0.2, 0.25) is 0 Å². The van der Waals surface area contributed by atoms with Gasteiger partial charge in [0.25, 0.3) is 5.91 Å². The smallest absolute Gasteiger partial charge is 0.252 e. The molecular weight excluding hydrogens is 352 g/mol. The summed E-state index contributed by atoms with van der Waals surface area (Å²) in [6.07, 6.45) is 4.53. The monoisotopic (exact) mass is 376 g/mol. The van der Waals surface area contributed by atoms with Gasteiger partial charge < -0.3 is 5.32 Å². The van der Waals surface area contributed by atoms with Crippen LogP contribution >= 0.6 is 0 Å². The molecule has 3 heterocycles. The van der Waals surface area contributed by atoms with Crippen LogP contribution in [0.1, 0.15) is 61.1 Å². The summed E-state index contributed by atoms with van der Waals surface area (Å²) in [5.41, 5.74) is 2.29. The molecule has 0 aromatic carbocycles. The van der Waals surface area contributed by atoms with Crippen LogP contribution in [0.5, 0.6) is 0 Å². The molecule has 4 rings (SSSR count). The van der Waals surface area contributed by atoms with Crippen LogP contribution in [-0.4, -0.2) is 47.1 Å². The number of pyridine rings is 1. The molecule has 26 heavy (non-hydrogen) atoms. The first-order valence-corrected chi connectivity index (χ1v) is 11.0. The Bertz CT molecular complexity index is 960. The van der Waals surface area contributed by atoms with Gasteiger partial charge in [-0.25, -0.2) is 18.1 Å². The zero-order valence-corrected chi connectivity index (χ0v) is 15.9. The molecule has 2 aromatic rings. The summed E-state index contributed by atoms with van der Waals surface area (Å²) in [5.74, 6) is 0.647. The van der Waals surface area contributed by atoms with Gasteiger partial charge >= 0.3 is 0 Å². The van der Waals surface area contributed by atoms with Gasteiger partial charge in [-0.15, -0.1) is 0 Å². The van der Waals surface area contributed by atoms with Gasteiger partial charge in [0, 0.05) is 24.2 Å². The lowest BCUT2D eigenvalue weighted by molar-refractivity contribution is 0.0950. The molecule has 0 radical (unpaired) electrons. The van der Waals surface area contributed by atoms with E-state index in [9.17, 15) is 13.2 Å². The molecule has 0 bridgehead atoms. The number of hydrogen-bond donors (Lipinski definition) is 1. The minimum absolute atomic E-state index is 0.00238. The molecule has 1 aliphatic heterocycles. The van der Waals surface area contributed by atoms with Crippen molar-refractivity contribution in [2.24, 2.45) is 5.92 Å². The fourth-order valence-corrected chi connectivity index (χ4v) is 5.42. The van der Waals surface area contributed by atoms with Crippen molar-refractivity contribution < 1.29 is 13.2 Å². The Morgan fingerprint density at radius 2 is 2.12 bits per heavy atom. The molecule has 2 fully saturated rings. The van der Waals surface area contributed by atoms with E-state index in [-0.39, 0.29) is 29.4 Å². The Hall–Kier alpha value is -1.96. The van der Waals surface area contributed by atoms with E-state index in [2.05, 4.69) is 10.4 Å². The minimum Gasteiger partial charge on any atom is -0.352 e. The van der Waals surface area contributed by atoms with Gasteiger partial charge in [0.15, 0.2) is 15.5 Å². The summed E-state index contributed by atoms with van der Waals surface area (Å²) in [6.45, 7) is 4.47. The first kappa shape index (κ1) is 17.5. The van der Waals surface area contributed by atoms with Crippen molar-refractivity contribution in [3.05, 3.63) is 23.5 Å². The molecular formula is C18H24N4O3S. The quantitative estimate of drug-likeness (QED) is 0.862. The molecule has 1 saturated carbocycles. The van der Waals surface area contributed by atoms with Gasteiger partial charge in [-0.2, -0.15) is 5.10 Å². The molecule has 1 atom stereocenters. The van der Waals surface area contributed by atoms with E-state index >= 15 is 0 Å². The largest absolute Gasteiger partial charge is 0.352 e. The number of sulfone groups is 1. The van der Waals surface area contributed by atoms with Crippen LogP contribution in [0.25, 0.3) is 11.0 Å². The molecule has 0 spiro atoms. The molecule has 2 aromatic heterocycles. The first-order valence-electron chi connectivity index (χ1n) is 9.21. The number of hydrogen-bond acceptors (Lipinski definition) is 5. The van der Waals surface area contributed by atoms with Gasteiger partial charge in [-0.1, -0.05) is 0 Å². The first-order chi connectivity index (χ1) is 12.3. The SMILES string of the molecule is CC(C)n1ncc2c(C(=O)NCC3CCS(=O)(=O)C3)cc(C3CC3)nc21. The number of carbonyl (C=O) groups is 1. The van der Waals surface area contributed by atoms with Crippen molar-refractivity contribution in [3.63, 3.8) is 0 Å². The fourth-order valence-electron chi connectivity index (χ4n) is 3.56. The summed E-state index contributed by atoms with van der Waals surface area (Å²) >= 11 is 0. The molecule has 140 valence electrons. The zero-order chi connectivity index (χ0) is 18.5. The van der Waals surface area contributed by atoms with Crippen LogP contribution < -0.4 is 5.32 Å². The molecule has 7 nitrogen and oxygen atoms in total. The molecule has 1 unspecified atom stereocenters. The Morgan fingerprint density at radius 1 is 1.35 bits per heavy atom. The van der Waals surface area contributed by atoms with Crippen molar-refractivity contribution in [2.45, 2.75) is 45.1 Å². The lowest BCUT2D eigenvalue weighted by atomic mass is 10.1. The van der Waals surface area contributed by atoms with Gasteiger partial charge in [0.1, 0.15) is 0 Å². The van der Waals surface area contributed by atoms with E-state index in [0.717, 1.165) is 29.6 Å². The second kappa shape index (κ2) is 6.33. The van der Waals surface area contributed by atoms with Gasteiger partial charge in [0.05, 0.1) is 28.7 Å². The molecule has 1 N–H and O–H groups in total. The summed E-state index contributed by atoms with van der Waals surface area (Å²) in [6, 6.07) is 2.04. The van der Waals surface area contributed by atoms with Gasteiger partial charge in [0.2, 0.25) is 0 Å². The molecule has 8 heteroatoms. The normalized spacial score (nSPS) is 22.2. The Balaban J connectivity index is 1.61. The van der Waals surface area contributed by atoms with Crippen LogP contribution in [0.4, 0.5) is 0 Å². The maximum atomic E-state index is 12.8. The number of rotatable bonds is 5. The summed E-state index contributed by atoms with van der Waals surface area (Å²) in [5, 5.41) is 8.09. The lowest BCUT2D eigenvalue weighted by Crippen LogP contribution is -2.30. The van der Waals surface area contributed by atoms with Gasteiger partial charge in [-0.05, 0) is 45.1 Å². The van der Waals surface area contributed by atoms with E-state index in [1.807, 2.05) is 24.6 Å². The maximum absolute atomic E-state index is 12.8. The second-order valence-electron chi connectivity index (χ2n) is 7.77. The standard InChI is InChI=1S/C18H24N4O3S/c1-11(2)22-17-15(9-20-22)14(7-16(21-17)13-3-4-13)18(23)19-8-12-5-6-26(24,25)10-12/h7,9,11-13H,3-6,8,10H2,1-2H3,(H,19,23). The van der Waals surface area contributed by atoms with Crippen LogP contribution in [0.15, 0.2) is 12.3 Å². The zero-order valence-electron chi connectivity index (χ0n) is 15.1. The maximum Gasteiger partial charge on any atom is 0.252 e. The Labute approximate surface area is 153 Å². The van der Waals surface area contributed by atoms with E-state index in [1.54, 1.807) is 6.20 Å². The number of amides is 1. The van der Waals surface area contributed by atoms with Crippen LogP contribution in [-0.2, 0) is 9.84 Å². The predicted molar refractivity (Wildman–Crippen MR) is 99.0 cm³/mol. The van der Waals surface area contributed by atoms with Crippen molar-refractivity contribution in [3.8, 4) is 0 Å². The highest BCUT2D eigenvalue weighted by Crippen LogP contribution is 2.40. The highest BCUT2D eigenvalue weighted by molar-refractivity contribution is 7.91. The number of aromatic nitrogens is 3.